The van der Waals surface area contributed by atoms with Crippen LogP contribution in [0.15, 0.2) is 84.9 Å². The number of hydrogen-bond donors (Lipinski definition) is 0. The van der Waals surface area contributed by atoms with E-state index in [0.29, 0.717) is 19.8 Å². The lowest BCUT2D eigenvalue weighted by Gasteiger charge is -2.43. The van der Waals surface area contributed by atoms with Crippen molar-refractivity contribution in [1.29, 1.82) is 0 Å². The number of carbonyl (C=O) groups excluding carboxylic acids is 1. The zero-order valence-corrected chi connectivity index (χ0v) is 26.6. The fourth-order valence-corrected chi connectivity index (χ4v) is 9.59. The van der Waals surface area contributed by atoms with Gasteiger partial charge in [0.2, 0.25) is 0 Å². The van der Waals surface area contributed by atoms with Gasteiger partial charge in [-0.15, -0.1) is 0 Å². The summed E-state index contributed by atoms with van der Waals surface area (Å²) >= 11 is 0. The molecular weight excluding hydrogens is 532 g/mol. The van der Waals surface area contributed by atoms with E-state index in [0.717, 1.165) is 11.3 Å². The minimum absolute atomic E-state index is 0.107. The van der Waals surface area contributed by atoms with E-state index in [2.05, 4.69) is 69.3 Å². The number of esters is 1. The molecule has 3 rings (SSSR count). The molecule has 41 heavy (non-hydrogen) atoms. The summed E-state index contributed by atoms with van der Waals surface area (Å²) in [7, 11) is -1.12. The molecule has 0 aliphatic rings. The third-order valence-electron chi connectivity index (χ3n) is 6.78. The Morgan fingerprint density at radius 2 is 1.32 bits per heavy atom. The second-order valence-electron chi connectivity index (χ2n) is 12.3. The Hall–Kier alpha value is -2.97. The Morgan fingerprint density at radius 1 is 0.756 bits per heavy atom. The largest absolute Gasteiger partial charge is 0.497 e. The summed E-state index contributed by atoms with van der Waals surface area (Å²) in [6, 6.07) is 28.7. The molecule has 0 spiro atoms. The van der Waals surface area contributed by atoms with Crippen LogP contribution in [0.1, 0.15) is 53.5 Å². The lowest BCUT2D eigenvalue weighted by molar-refractivity contribution is -0.157. The molecule has 0 unspecified atom stereocenters. The molecule has 0 fully saturated rings. The zero-order valence-electron chi connectivity index (χ0n) is 25.6. The molecule has 1 atom stereocenters. The summed E-state index contributed by atoms with van der Waals surface area (Å²) in [4.78, 5) is 12.9. The average molecular weight is 579 g/mol. The number of carbonyl (C=O) groups is 1. The lowest BCUT2D eigenvalue weighted by Crippen LogP contribution is -2.67. The van der Waals surface area contributed by atoms with Gasteiger partial charge in [0.15, 0.2) is 0 Å². The van der Waals surface area contributed by atoms with Crippen molar-refractivity contribution in [2.45, 2.75) is 65.2 Å². The fraction of sp³-hybridized carbons (Fsp3) is 0.441. The molecule has 6 nitrogen and oxygen atoms in total. The minimum Gasteiger partial charge on any atom is -0.497 e. The summed E-state index contributed by atoms with van der Waals surface area (Å²) in [5.74, 6) is 0.322. The maximum atomic E-state index is 12.9. The van der Waals surface area contributed by atoms with E-state index < -0.39 is 13.9 Å². The Labute approximate surface area is 247 Å². The van der Waals surface area contributed by atoms with Crippen molar-refractivity contribution in [1.82, 2.24) is 0 Å². The molecular formula is C34H46O6Si. The first-order valence-electron chi connectivity index (χ1n) is 14.2. The lowest BCUT2D eigenvalue weighted by atomic mass is 10.1. The number of benzene rings is 3. The van der Waals surface area contributed by atoms with Crippen LogP contribution in [0.4, 0.5) is 0 Å². The van der Waals surface area contributed by atoms with E-state index in [1.807, 2.05) is 57.2 Å². The van der Waals surface area contributed by atoms with E-state index in [1.54, 1.807) is 7.11 Å². The quantitative estimate of drug-likeness (QED) is 0.0996. The predicted octanol–water partition coefficient (Wildman–Crippen LogP) is 6.11. The van der Waals surface area contributed by atoms with E-state index >= 15 is 0 Å². The third-order valence-corrected chi connectivity index (χ3v) is 11.8. The summed E-state index contributed by atoms with van der Waals surface area (Å²) in [5.41, 5.74) is 0.456. The van der Waals surface area contributed by atoms with Crippen molar-refractivity contribution in [3.05, 3.63) is 90.5 Å². The van der Waals surface area contributed by atoms with Crippen LogP contribution in [-0.4, -0.2) is 47.0 Å². The molecule has 0 aliphatic carbocycles. The highest BCUT2D eigenvalue weighted by Crippen LogP contribution is 2.37. The maximum absolute atomic E-state index is 12.9. The van der Waals surface area contributed by atoms with E-state index in [4.69, 9.17) is 23.4 Å². The van der Waals surface area contributed by atoms with Crippen LogP contribution in [0.5, 0.6) is 5.75 Å². The van der Waals surface area contributed by atoms with Crippen LogP contribution in [-0.2, 0) is 30.0 Å². The first kappa shape index (κ1) is 32.5. The number of rotatable bonds is 14. The molecule has 3 aromatic carbocycles. The fourth-order valence-electron chi connectivity index (χ4n) is 4.94. The first-order valence-corrected chi connectivity index (χ1v) is 16.1. The highest BCUT2D eigenvalue weighted by Gasteiger charge is 2.50. The van der Waals surface area contributed by atoms with Gasteiger partial charge in [0.05, 0.1) is 26.7 Å². The molecule has 0 saturated heterocycles. The van der Waals surface area contributed by atoms with Crippen molar-refractivity contribution in [3.63, 3.8) is 0 Å². The second-order valence-corrected chi connectivity index (χ2v) is 16.6. The van der Waals surface area contributed by atoms with Crippen LogP contribution in [0.3, 0.4) is 0 Å². The van der Waals surface area contributed by atoms with E-state index in [-0.39, 0.29) is 30.1 Å². The van der Waals surface area contributed by atoms with Crippen molar-refractivity contribution in [2.75, 3.05) is 27.1 Å². The highest BCUT2D eigenvalue weighted by molar-refractivity contribution is 6.99. The molecule has 222 valence electrons. The molecule has 0 saturated carbocycles. The molecule has 0 aromatic heterocycles. The Morgan fingerprint density at radius 3 is 1.80 bits per heavy atom. The van der Waals surface area contributed by atoms with Crippen molar-refractivity contribution in [3.8, 4) is 5.75 Å². The Kier molecular flexibility index (Phi) is 11.7. The number of hydrogen-bond acceptors (Lipinski definition) is 6. The van der Waals surface area contributed by atoms with Gasteiger partial charge in [-0.3, -0.25) is 4.79 Å². The molecule has 0 amide bonds. The Balaban J connectivity index is 1.76. The average Bonchev–Trinajstić information content (AvgIpc) is 2.92. The standard InChI is InChI=1S/C34H46O6Si/c1-33(2,3)40-32(35)22-28(24-38-26-37-23-27-18-20-29(36-7)21-19-27)25-39-41(34(4,5)6,30-14-10-8-11-15-30)31-16-12-9-13-17-31/h8-21,28H,22-26H2,1-7H3/t28-/m0/s1. The van der Waals surface area contributed by atoms with Crippen molar-refractivity contribution < 1.29 is 28.2 Å². The number of methoxy groups -OCH3 is 1. The molecule has 7 heteroatoms. The molecule has 0 heterocycles. The smallest absolute Gasteiger partial charge is 0.306 e. The molecule has 0 radical (unpaired) electrons. The maximum Gasteiger partial charge on any atom is 0.306 e. The molecule has 0 bridgehead atoms. The monoisotopic (exact) mass is 578 g/mol. The molecule has 3 aromatic rings. The highest BCUT2D eigenvalue weighted by atomic mass is 28.4. The molecule has 0 aliphatic heterocycles. The van der Waals surface area contributed by atoms with Crippen molar-refractivity contribution in [2.24, 2.45) is 5.92 Å². The van der Waals surface area contributed by atoms with Crippen LogP contribution in [0, 0.1) is 5.92 Å². The Bertz CT molecular complexity index is 1140. The summed E-state index contributed by atoms with van der Waals surface area (Å²) in [5, 5.41) is 2.21. The van der Waals surface area contributed by atoms with E-state index in [9.17, 15) is 4.79 Å². The van der Waals surface area contributed by atoms with Crippen LogP contribution in [0.2, 0.25) is 5.04 Å². The SMILES string of the molecule is COc1ccc(COCOC[C@@H](CO[Si](c2ccccc2)(c2ccccc2)C(C)(C)C)CC(=O)OC(C)(C)C)cc1. The van der Waals surface area contributed by atoms with Gasteiger partial charge in [-0.1, -0.05) is 93.6 Å². The summed E-state index contributed by atoms with van der Waals surface area (Å²) < 4.78 is 29.7. The van der Waals surface area contributed by atoms with Gasteiger partial charge < -0.3 is 23.4 Å². The van der Waals surface area contributed by atoms with Crippen LogP contribution >= 0.6 is 0 Å². The van der Waals surface area contributed by atoms with Crippen LogP contribution < -0.4 is 15.1 Å². The summed E-state index contributed by atoms with van der Waals surface area (Å²) in [6.45, 7) is 13.5. The van der Waals surface area contributed by atoms with Gasteiger partial charge in [0.25, 0.3) is 8.32 Å². The normalized spacial score (nSPS) is 13.0. The zero-order chi connectivity index (χ0) is 29.9. The third kappa shape index (κ3) is 9.53. The van der Waals surface area contributed by atoms with Gasteiger partial charge in [-0.25, -0.2) is 0 Å². The van der Waals surface area contributed by atoms with Crippen LogP contribution in [0.25, 0.3) is 0 Å². The summed E-state index contributed by atoms with van der Waals surface area (Å²) in [6.07, 6.45) is 0.188. The van der Waals surface area contributed by atoms with Gasteiger partial charge in [-0.05, 0) is 53.9 Å². The topological polar surface area (TPSA) is 63.2 Å². The van der Waals surface area contributed by atoms with Gasteiger partial charge in [-0.2, -0.15) is 0 Å². The predicted molar refractivity (Wildman–Crippen MR) is 166 cm³/mol. The minimum atomic E-state index is -2.77. The first-order chi connectivity index (χ1) is 19.4. The van der Waals surface area contributed by atoms with Gasteiger partial charge in [0, 0.05) is 12.5 Å². The molecule has 0 N–H and O–H groups in total. The van der Waals surface area contributed by atoms with E-state index in [1.165, 1.54) is 10.4 Å². The van der Waals surface area contributed by atoms with Crippen molar-refractivity contribution >= 4 is 24.7 Å². The second kappa shape index (κ2) is 14.8. The van der Waals surface area contributed by atoms with Gasteiger partial charge >= 0.3 is 5.97 Å². The number of ether oxygens (including phenoxy) is 4. The van der Waals surface area contributed by atoms with Gasteiger partial charge in [0.1, 0.15) is 18.1 Å².